The van der Waals surface area contributed by atoms with E-state index in [1.807, 2.05) is 0 Å². The van der Waals surface area contributed by atoms with Crippen molar-refractivity contribution in [2.24, 2.45) is 0 Å². The first kappa shape index (κ1) is 11.4. The van der Waals surface area contributed by atoms with E-state index in [1.165, 1.54) is 30.3 Å². The van der Waals surface area contributed by atoms with Crippen molar-refractivity contribution in [3.8, 4) is 16.9 Å². The number of benzene rings is 1. The van der Waals surface area contributed by atoms with Gasteiger partial charge in [-0.1, -0.05) is 12.1 Å². The van der Waals surface area contributed by atoms with Crippen molar-refractivity contribution in [3.63, 3.8) is 0 Å². The van der Waals surface area contributed by atoms with Gasteiger partial charge in [0.05, 0.1) is 12.4 Å². The Morgan fingerprint density at radius 1 is 1.18 bits per heavy atom. The standard InChI is InChI=1S/C12H7F3NO/c13-11-7-16-6-5-10(11)8-1-3-9(4-2-8)17-12(14)15/h1-5,7,12H. The smallest absolute Gasteiger partial charge is 0.387 e. The highest BCUT2D eigenvalue weighted by molar-refractivity contribution is 5.64. The summed E-state index contributed by atoms with van der Waals surface area (Å²) >= 11 is 0. The molecule has 1 aromatic carbocycles. The van der Waals surface area contributed by atoms with Crippen molar-refractivity contribution in [3.05, 3.63) is 48.5 Å². The number of ether oxygens (including phenoxy) is 1. The summed E-state index contributed by atoms with van der Waals surface area (Å²) in [6, 6.07) is 7.06. The van der Waals surface area contributed by atoms with Crippen LogP contribution >= 0.6 is 0 Å². The van der Waals surface area contributed by atoms with Gasteiger partial charge in [-0.2, -0.15) is 8.78 Å². The molecule has 0 saturated heterocycles. The zero-order valence-electron chi connectivity index (χ0n) is 8.53. The van der Waals surface area contributed by atoms with Gasteiger partial charge < -0.3 is 4.74 Å². The molecule has 0 amide bonds. The summed E-state index contributed by atoms with van der Waals surface area (Å²) in [4.78, 5) is 3.50. The monoisotopic (exact) mass is 238 g/mol. The summed E-state index contributed by atoms with van der Waals surface area (Å²) in [5.74, 6) is -0.464. The van der Waals surface area contributed by atoms with Crippen molar-refractivity contribution in [2.75, 3.05) is 0 Å². The van der Waals surface area contributed by atoms with E-state index in [-0.39, 0.29) is 5.75 Å². The van der Waals surface area contributed by atoms with Crippen molar-refractivity contribution in [1.82, 2.24) is 4.98 Å². The van der Waals surface area contributed by atoms with E-state index in [1.54, 1.807) is 0 Å². The van der Waals surface area contributed by atoms with Crippen molar-refractivity contribution >= 4 is 0 Å². The summed E-state index contributed by atoms with van der Waals surface area (Å²) < 4.78 is 41.4. The molecule has 1 radical (unpaired) electrons. The molecule has 0 aliphatic rings. The summed E-state index contributed by atoms with van der Waals surface area (Å²) in [7, 11) is 0. The maximum absolute atomic E-state index is 13.4. The van der Waals surface area contributed by atoms with Gasteiger partial charge in [0, 0.05) is 5.56 Å². The Kier molecular flexibility index (Phi) is 3.27. The predicted molar refractivity (Wildman–Crippen MR) is 55.1 cm³/mol. The Morgan fingerprint density at radius 2 is 1.88 bits per heavy atom. The van der Waals surface area contributed by atoms with Crippen LogP contribution in [0.4, 0.5) is 13.2 Å². The van der Waals surface area contributed by atoms with E-state index in [9.17, 15) is 13.2 Å². The minimum atomic E-state index is -2.87. The van der Waals surface area contributed by atoms with Crippen LogP contribution in [-0.4, -0.2) is 11.6 Å². The molecule has 87 valence electrons. The molecule has 0 spiro atoms. The van der Waals surface area contributed by atoms with E-state index >= 15 is 0 Å². The number of pyridine rings is 1. The summed E-state index contributed by atoms with van der Waals surface area (Å²) in [6.45, 7) is -2.87. The summed E-state index contributed by atoms with van der Waals surface area (Å²) in [5, 5.41) is 0. The van der Waals surface area contributed by atoms with Crippen molar-refractivity contribution < 1.29 is 17.9 Å². The van der Waals surface area contributed by atoms with Gasteiger partial charge in [-0.15, -0.1) is 0 Å². The second-order valence-corrected chi connectivity index (χ2v) is 3.20. The quantitative estimate of drug-likeness (QED) is 0.818. The molecule has 1 aromatic heterocycles. The molecule has 2 aromatic rings. The molecule has 0 fully saturated rings. The van der Waals surface area contributed by atoms with Gasteiger partial charge in [0.2, 0.25) is 0 Å². The molecule has 2 rings (SSSR count). The van der Waals surface area contributed by atoms with E-state index < -0.39 is 12.4 Å². The van der Waals surface area contributed by atoms with Crippen LogP contribution in [0.25, 0.3) is 11.1 Å². The molecule has 5 heteroatoms. The zero-order chi connectivity index (χ0) is 12.3. The third-order valence-corrected chi connectivity index (χ3v) is 2.11. The molecule has 0 aliphatic carbocycles. The molecule has 2 nitrogen and oxygen atoms in total. The average molecular weight is 238 g/mol. The lowest BCUT2D eigenvalue weighted by Crippen LogP contribution is -2.01. The van der Waals surface area contributed by atoms with Gasteiger partial charge in [-0.05, 0) is 23.8 Å². The second-order valence-electron chi connectivity index (χ2n) is 3.20. The molecular formula is C12H7F3NO. The van der Waals surface area contributed by atoms with Crippen LogP contribution in [0.2, 0.25) is 0 Å². The molecule has 0 N–H and O–H groups in total. The topological polar surface area (TPSA) is 22.1 Å². The first-order valence-corrected chi connectivity index (χ1v) is 4.73. The van der Waals surface area contributed by atoms with Crippen LogP contribution in [0.1, 0.15) is 0 Å². The number of aromatic nitrogens is 1. The first-order chi connectivity index (χ1) is 8.16. The van der Waals surface area contributed by atoms with E-state index in [0.29, 0.717) is 11.1 Å². The molecule has 17 heavy (non-hydrogen) atoms. The van der Waals surface area contributed by atoms with E-state index in [0.717, 1.165) is 6.20 Å². The maximum atomic E-state index is 13.4. The second kappa shape index (κ2) is 4.86. The third kappa shape index (κ3) is 2.75. The molecular weight excluding hydrogens is 231 g/mol. The van der Waals surface area contributed by atoms with Crippen LogP contribution in [0.15, 0.2) is 36.5 Å². The van der Waals surface area contributed by atoms with Crippen molar-refractivity contribution in [1.29, 1.82) is 0 Å². The number of hydrogen-bond donors (Lipinski definition) is 0. The Bertz CT molecular complexity index is 499. The maximum Gasteiger partial charge on any atom is 0.387 e. The normalized spacial score (nSPS) is 10.6. The number of nitrogens with zero attached hydrogens (tertiary/aromatic N) is 1. The van der Waals surface area contributed by atoms with Crippen LogP contribution in [0, 0.1) is 12.0 Å². The van der Waals surface area contributed by atoms with E-state index in [4.69, 9.17) is 0 Å². The summed E-state index contributed by atoms with van der Waals surface area (Å²) in [6.07, 6.45) is 3.55. The van der Waals surface area contributed by atoms with Gasteiger partial charge in [0.25, 0.3) is 0 Å². The number of alkyl halides is 2. The average Bonchev–Trinajstić information content (AvgIpc) is 2.30. The van der Waals surface area contributed by atoms with Gasteiger partial charge in [0.1, 0.15) is 11.6 Å². The molecule has 0 aliphatic heterocycles. The fourth-order valence-corrected chi connectivity index (χ4v) is 1.37. The van der Waals surface area contributed by atoms with Crippen molar-refractivity contribution in [2.45, 2.75) is 6.61 Å². The van der Waals surface area contributed by atoms with Gasteiger partial charge in [-0.3, -0.25) is 4.98 Å². The lowest BCUT2D eigenvalue weighted by Gasteiger charge is -2.06. The Labute approximate surface area is 95.7 Å². The van der Waals surface area contributed by atoms with E-state index in [2.05, 4.69) is 15.9 Å². The SMILES string of the molecule is Fc1cn[c]cc1-c1ccc(OC(F)F)cc1. The van der Waals surface area contributed by atoms with Gasteiger partial charge in [0.15, 0.2) is 0 Å². The fourth-order valence-electron chi connectivity index (χ4n) is 1.37. The minimum absolute atomic E-state index is 0.0298. The summed E-state index contributed by atoms with van der Waals surface area (Å²) in [5.41, 5.74) is 0.853. The zero-order valence-corrected chi connectivity index (χ0v) is 8.53. The molecule has 1 heterocycles. The van der Waals surface area contributed by atoms with Crippen LogP contribution in [-0.2, 0) is 0 Å². The van der Waals surface area contributed by atoms with Gasteiger partial charge in [-0.25, -0.2) is 4.39 Å². The molecule has 0 unspecified atom stereocenters. The van der Waals surface area contributed by atoms with Crippen LogP contribution in [0.3, 0.4) is 0 Å². The number of halogens is 3. The lowest BCUT2D eigenvalue weighted by atomic mass is 10.1. The Hall–Kier alpha value is -2.04. The minimum Gasteiger partial charge on any atom is -0.435 e. The van der Waals surface area contributed by atoms with Crippen LogP contribution < -0.4 is 4.74 Å². The third-order valence-electron chi connectivity index (χ3n) is 2.11. The number of hydrogen-bond acceptors (Lipinski definition) is 2. The fraction of sp³-hybridized carbons (Fsp3) is 0.0833. The lowest BCUT2D eigenvalue weighted by molar-refractivity contribution is -0.0498. The molecule has 0 bridgehead atoms. The Morgan fingerprint density at radius 3 is 2.47 bits per heavy atom. The van der Waals surface area contributed by atoms with Crippen LogP contribution in [0.5, 0.6) is 5.75 Å². The highest BCUT2D eigenvalue weighted by Crippen LogP contribution is 2.24. The number of rotatable bonds is 3. The highest BCUT2D eigenvalue weighted by atomic mass is 19.3. The Balaban J connectivity index is 2.27. The predicted octanol–water partition coefficient (Wildman–Crippen LogP) is 3.29. The first-order valence-electron chi connectivity index (χ1n) is 4.73. The largest absolute Gasteiger partial charge is 0.435 e. The molecule has 0 atom stereocenters. The highest BCUT2D eigenvalue weighted by Gasteiger charge is 2.07. The van der Waals surface area contributed by atoms with Gasteiger partial charge >= 0.3 is 6.61 Å². The molecule has 0 saturated carbocycles.